The lowest BCUT2D eigenvalue weighted by Crippen LogP contribution is -2.24. The van der Waals surface area contributed by atoms with Crippen molar-refractivity contribution in [3.8, 4) is 17.1 Å². The Labute approximate surface area is 159 Å². The zero-order valence-electron chi connectivity index (χ0n) is 15.5. The van der Waals surface area contributed by atoms with Crippen LogP contribution in [-0.4, -0.2) is 33.0 Å². The van der Waals surface area contributed by atoms with Crippen LogP contribution in [-0.2, 0) is 12.6 Å². The van der Waals surface area contributed by atoms with Crippen LogP contribution in [0, 0.1) is 0 Å². The van der Waals surface area contributed by atoms with Gasteiger partial charge in [-0.1, -0.05) is 11.2 Å². The van der Waals surface area contributed by atoms with Gasteiger partial charge in [0.05, 0.1) is 28.7 Å². The number of hydrogen-bond donors (Lipinski definition) is 1. The number of likely N-dealkylation sites (N-methyl/N-ethyl adjacent to an activating group) is 1. The summed E-state index contributed by atoms with van der Waals surface area (Å²) < 4.78 is 46.3. The van der Waals surface area contributed by atoms with Gasteiger partial charge in [-0.05, 0) is 45.0 Å². The number of nitrogens with zero attached hydrogens (tertiary/aromatic N) is 4. The molecule has 1 fully saturated rings. The molecule has 0 saturated heterocycles. The topological polar surface area (TPSA) is 68.8 Å². The van der Waals surface area contributed by atoms with Crippen LogP contribution in [0.4, 0.5) is 13.2 Å². The zero-order chi connectivity index (χ0) is 19.9. The summed E-state index contributed by atoms with van der Waals surface area (Å²) in [7, 11) is 1.86. The van der Waals surface area contributed by atoms with Crippen LogP contribution >= 0.6 is 0 Å². The molecule has 2 aromatic heterocycles. The molecule has 28 heavy (non-hydrogen) atoms. The molecule has 1 unspecified atom stereocenters. The molecule has 0 aliphatic heterocycles. The molecule has 3 aromatic rings. The maximum Gasteiger partial charge on any atom is 0.416 e. The van der Waals surface area contributed by atoms with E-state index in [-0.39, 0.29) is 12.0 Å². The second-order valence-corrected chi connectivity index (χ2v) is 7.09. The molecule has 6 nitrogen and oxygen atoms in total. The summed E-state index contributed by atoms with van der Waals surface area (Å²) in [4.78, 5) is 4.45. The molecule has 0 bridgehead atoms. The van der Waals surface area contributed by atoms with Gasteiger partial charge in [-0.25, -0.2) is 4.68 Å². The van der Waals surface area contributed by atoms with E-state index in [2.05, 4.69) is 20.6 Å². The highest BCUT2D eigenvalue weighted by Gasteiger charge is 2.34. The highest BCUT2D eigenvalue weighted by molar-refractivity contribution is 5.59. The predicted octanol–water partition coefficient (Wildman–Crippen LogP) is 3.97. The van der Waals surface area contributed by atoms with Gasteiger partial charge in [0.15, 0.2) is 5.82 Å². The predicted molar refractivity (Wildman–Crippen MR) is 96.1 cm³/mol. The van der Waals surface area contributed by atoms with Crippen molar-refractivity contribution in [3.05, 3.63) is 47.5 Å². The third kappa shape index (κ3) is 3.66. The van der Waals surface area contributed by atoms with Gasteiger partial charge in [-0.2, -0.15) is 23.3 Å². The van der Waals surface area contributed by atoms with Crippen molar-refractivity contribution in [1.82, 2.24) is 25.2 Å². The summed E-state index contributed by atoms with van der Waals surface area (Å²) in [5, 5.41) is 11.5. The summed E-state index contributed by atoms with van der Waals surface area (Å²) in [6.45, 7) is 2.01. The Balaban J connectivity index is 1.72. The van der Waals surface area contributed by atoms with E-state index in [1.807, 2.05) is 14.0 Å². The van der Waals surface area contributed by atoms with Crippen LogP contribution in [0.2, 0.25) is 0 Å². The first-order valence-electron chi connectivity index (χ1n) is 9.12. The largest absolute Gasteiger partial charge is 0.416 e. The maximum atomic E-state index is 13.1. The Bertz CT molecular complexity index is 974. The lowest BCUT2D eigenvalue weighted by atomic mass is 10.1. The maximum absolute atomic E-state index is 13.1. The van der Waals surface area contributed by atoms with Crippen molar-refractivity contribution in [2.75, 3.05) is 7.05 Å². The van der Waals surface area contributed by atoms with Crippen molar-refractivity contribution >= 4 is 0 Å². The molecule has 4 rings (SSSR count). The molecule has 2 heterocycles. The summed E-state index contributed by atoms with van der Waals surface area (Å²) in [5.41, 5.74) is 1.16. The van der Waals surface area contributed by atoms with E-state index in [1.54, 1.807) is 16.9 Å². The molecule has 1 atom stereocenters. The SMILES string of the molecule is CNC(C)Cc1noc(-c2cnn(-c3cccc(C(F)(F)F)c3)c2C2CC2)n1. The molecule has 0 radical (unpaired) electrons. The lowest BCUT2D eigenvalue weighted by molar-refractivity contribution is -0.137. The third-order valence-electron chi connectivity index (χ3n) is 4.87. The van der Waals surface area contributed by atoms with E-state index in [4.69, 9.17) is 4.52 Å². The van der Waals surface area contributed by atoms with Crippen molar-refractivity contribution in [2.24, 2.45) is 0 Å². The first-order chi connectivity index (χ1) is 13.4. The summed E-state index contributed by atoms with van der Waals surface area (Å²) in [6.07, 6.45) is -0.296. The van der Waals surface area contributed by atoms with Gasteiger partial charge < -0.3 is 9.84 Å². The quantitative estimate of drug-likeness (QED) is 0.689. The Kier molecular flexibility index (Phi) is 4.70. The van der Waals surface area contributed by atoms with Crippen LogP contribution in [0.5, 0.6) is 0 Å². The molecule has 1 aromatic carbocycles. The zero-order valence-corrected chi connectivity index (χ0v) is 15.5. The second kappa shape index (κ2) is 7.05. The van der Waals surface area contributed by atoms with E-state index in [9.17, 15) is 13.2 Å². The molecule has 148 valence electrons. The number of hydrogen-bond acceptors (Lipinski definition) is 5. The van der Waals surface area contributed by atoms with Gasteiger partial charge in [0, 0.05) is 18.4 Å². The van der Waals surface area contributed by atoms with Gasteiger partial charge in [0.1, 0.15) is 0 Å². The highest BCUT2D eigenvalue weighted by Crippen LogP contribution is 2.45. The number of alkyl halides is 3. The number of nitrogens with one attached hydrogen (secondary N) is 1. The van der Waals surface area contributed by atoms with Gasteiger partial charge in [0.25, 0.3) is 5.89 Å². The van der Waals surface area contributed by atoms with Crippen LogP contribution in [0.25, 0.3) is 17.1 Å². The lowest BCUT2D eigenvalue weighted by Gasteiger charge is -2.11. The van der Waals surface area contributed by atoms with Gasteiger partial charge >= 0.3 is 6.18 Å². The summed E-state index contributed by atoms with van der Waals surface area (Å²) in [6, 6.07) is 5.36. The molecule has 1 aliphatic rings. The Morgan fingerprint density at radius 3 is 2.79 bits per heavy atom. The average molecular weight is 391 g/mol. The Hall–Kier alpha value is -2.68. The van der Waals surface area contributed by atoms with E-state index in [0.717, 1.165) is 30.7 Å². The first-order valence-corrected chi connectivity index (χ1v) is 9.12. The fourth-order valence-electron chi connectivity index (χ4n) is 3.11. The summed E-state index contributed by atoms with van der Waals surface area (Å²) >= 11 is 0. The van der Waals surface area contributed by atoms with Crippen molar-refractivity contribution in [3.63, 3.8) is 0 Å². The molecule has 9 heteroatoms. The highest BCUT2D eigenvalue weighted by atomic mass is 19.4. The minimum absolute atomic E-state index is 0.196. The van der Waals surface area contributed by atoms with Crippen LogP contribution in [0.1, 0.15) is 42.8 Å². The van der Waals surface area contributed by atoms with E-state index < -0.39 is 11.7 Å². The van der Waals surface area contributed by atoms with Crippen molar-refractivity contribution < 1.29 is 17.7 Å². The minimum atomic E-state index is -4.41. The second-order valence-electron chi connectivity index (χ2n) is 7.09. The summed E-state index contributed by atoms with van der Waals surface area (Å²) in [5.74, 6) is 1.14. The number of halogens is 3. The van der Waals surface area contributed by atoms with Crippen LogP contribution < -0.4 is 5.32 Å². The molecular formula is C19H20F3N5O. The first kappa shape index (κ1) is 18.7. The smallest absolute Gasteiger partial charge is 0.334 e. The number of aromatic nitrogens is 4. The fourth-order valence-corrected chi connectivity index (χ4v) is 3.11. The third-order valence-corrected chi connectivity index (χ3v) is 4.87. The molecule has 1 saturated carbocycles. The van der Waals surface area contributed by atoms with Gasteiger partial charge in [-0.3, -0.25) is 0 Å². The Morgan fingerprint density at radius 1 is 1.32 bits per heavy atom. The van der Waals surface area contributed by atoms with Crippen LogP contribution in [0.15, 0.2) is 35.0 Å². The molecule has 0 amide bonds. The number of rotatable bonds is 6. The standard InChI is InChI=1S/C19H20F3N5O/c1-11(23-2)8-16-25-18(28-26-16)15-10-24-27(17(15)12-6-7-12)14-5-3-4-13(9-14)19(20,21)22/h3-5,9-12,23H,6-8H2,1-2H3. The van der Waals surface area contributed by atoms with Crippen molar-refractivity contribution in [1.29, 1.82) is 0 Å². The molecular weight excluding hydrogens is 371 g/mol. The average Bonchev–Trinajstić information content (AvgIpc) is 3.24. The van der Waals surface area contributed by atoms with Crippen LogP contribution in [0.3, 0.4) is 0 Å². The Morgan fingerprint density at radius 2 is 2.11 bits per heavy atom. The fraction of sp³-hybridized carbons (Fsp3) is 0.421. The van der Waals surface area contributed by atoms with Gasteiger partial charge in [-0.15, -0.1) is 0 Å². The monoisotopic (exact) mass is 391 g/mol. The minimum Gasteiger partial charge on any atom is -0.334 e. The van der Waals surface area contributed by atoms with Crippen molar-refractivity contribution in [2.45, 2.75) is 44.3 Å². The molecule has 1 N–H and O–H groups in total. The number of benzene rings is 1. The van der Waals surface area contributed by atoms with Gasteiger partial charge in [0.2, 0.25) is 0 Å². The molecule has 1 aliphatic carbocycles. The van der Waals surface area contributed by atoms with E-state index >= 15 is 0 Å². The normalized spacial score (nSPS) is 15.8. The molecule has 0 spiro atoms. The van der Waals surface area contributed by atoms with E-state index in [1.165, 1.54) is 6.07 Å². The van der Waals surface area contributed by atoms with E-state index in [0.29, 0.717) is 29.4 Å².